The highest BCUT2D eigenvalue weighted by atomic mass is 16.3. The molecule has 2 rings (SSSR count). The summed E-state index contributed by atoms with van der Waals surface area (Å²) in [6.45, 7) is 7.73. The van der Waals surface area contributed by atoms with Gasteiger partial charge < -0.3 is 10.1 Å². The van der Waals surface area contributed by atoms with Gasteiger partial charge in [-0.1, -0.05) is 13.8 Å². The fourth-order valence-corrected chi connectivity index (χ4v) is 2.19. The van der Waals surface area contributed by atoms with Crippen LogP contribution in [-0.4, -0.2) is 10.1 Å². The highest BCUT2D eigenvalue weighted by Gasteiger charge is 2.14. The third kappa shape index (κ3) is 1.82. The highest BCUT2D eigenvalue weighted by Crippen LogP contribution is 2.30. The zero-order chi connectivity index (χ0) is 12.7. The minimum Gasteiger partial charge on any atom is -0.508 e. The number of rotatable bonds is 1. The number of aryl methyl sites for hydroxylation is 2. The maximum Gasteiger partial charge on any atom is 0.190 e. The Labute approximate surface area is 100 Å². The van der Waals surface area contributed by atoms with Gasteiger partial charge in [-0.15, -0.1) is 0 Å². The standard InChI is InChI=1S/C14H17NO2/c1-7(2)10-6-11(16)9(4)13-12(17)5-8(3)15-14(10)13/h5-7,16H,1-4H3,(H,15,17). The molecule has 2 aromatic rings. The molecule has 0 spiro atoms. The number of nitrogens with one attached hydrogen (secondary N) is 1. The van der Waals surface area contributed by atoms with Crippen LogP contribution in [0.4, 0.5) is 0 Å². The Hall–Kier alpha value is -1.77. The van der Waals surface area contributed by atoms with E-state index in [4.69, 9.17) is 0 Å². The average molecular weight is 231 g/mol. The van der Waals surface area contributed by atoms with E-state index in [1.54, 1.807) is 19.1 Å². The van der Waals surface area contributed by atoms with Crippen molar-refractivity contribution in [2.24, 2.45) is 0 Å². The number of benzene rings is 1. The zero-order valence-corrected chi connectivity index (χ0v) is 10.6. The van der Waals surface area contributed by atoms with Gasteiger partial charge in [0, 0.05) is 17.3 Å². The molecule has 0 unspecified atom stereocenters. The first-order valence-electron chi connectivity index (χ1n) is 5.78. The second kappa shape index (κ2) is 3.91. The van der Waals surface area contributed by atoms with Gasteiger partial charge in [0.15, 0.2) is 5.43 Å². The van der Waals surface area contributed by atoms with Crippen LogP contribution in [0.25, 0.3) is 10.9 Å². The predicted molar refractivity (Wildman–Crippen MR) is 69.8 cm³/mol. The van der Waals surface area contributed by atoms with Crippen molar-refractivity contribution in [3.63, 3.8) is 0 Å². The van der Waals surface area contributed by atoms with Gasteiger partial charge in [-0.2, -0.15) is 0 Å². The average Bonchev–Trinajstić information content (AvgIpc) is 2.21. The van der Waals surface area contributed by atoms with Crippen LogP contribution < -0.4 is 5.43 Å². The molecule has 0 atom stereocenters. The summed E-state index contributed by atoms with van der Waals surface area (Å²) in [5, 5.41) is 10.5. The first-order valence-corrected chi connectivity index (χ1v) is 5.78. The van der Waals surface area contributed by atoms with Gasteiger partial charge in [-0.3, -0.25) is 4.79 Å². The summed E-state index contributed by atoms with van der Waals surface area (Å²) in [5.74, 6) is 0.442. The topological polar surface area (TPSA) is 53.1 Å². The van der Waals surface area contributed by atoms with E-state index < -0.39 is 0 Å². The lowest BCUT2D eigenvalue weighted by Gasteiger charge is -2.13. The summed E-state index contributed by atoms with van der Waals surface area (Å²) < 4.78 is 0. The van der Waals surface area contributed by atoms with E-state index in [0.717, 1.165) is 16.8 Å². The molecule has 1 heterocycles. The molecule has 3 heteroatoms. The molecular weight excluding hydrogens is 214 g/mol. The molecule has 90 valence electrons. The van der Waals surface area contributed by atoms with Crippen molar-refractivity contribution in [3.8, 4) is 5.75 Å². The molecule has 0 aliphatic rings. The van der Waals surface area contributed by atoms with Crippen LogP contribution in [0.3, 0.4) is 0 Å². The Morgan fingerprint density at radius 3 is 2.47 bits per heavy atom. The Bertz CT molecular complexity index is 639. The summed E-state index contributed by atoms with van der Waals surface area (Å²) in [6.07, 6.45) is 0. The van der Waals surface area contributed by atoms with Gasteiger partial charge in [0.05, 0.1) is 10.9 Å². The van der Waals surface area contributed by atoms with E-state index >= 15 is 0 Å². The number of pyridine rings is 1. The molecule has 2 N–H and O–H groups in total. The summed E-state index contributed by atoms with van der Waals surface area (Å²) in [7, 11) is 0. The third-order valence-electron chi connectivity index (χ3n) is 3.13. The van der Waals surface area contributed by atoms with Crippen LogP contribution in [0.15, 0.2) is 16.9 Å². The van der Waals surface area contributed by atoms with E-state index in [-0.39, 0.29) is 17.1 Å². The Kier molecular flexibility index (Phi) is 2.69. The van der Waals surface area contributed by atoms with Gasteiger partial charge in [0.2, 0.25) is 0 Å². The predicted octanol–water partition coefficient (Wildman–Crippen LogP) is 2.97. The molecule has 17 heavy (non-hydrogen) atoms. The summed E-state index contributed by atoms with van der Waals surface area (Å²) in [5.41, 5.74) is 3.27. The van der Waals surface area contributed by atoms with Crippen molar-refractivity contribution in [1.82, 2.24) is 4.98 Å². The fourth-order valence-electron chi connectivity index (χ4n) is 2.19. The van der Waals surface area contributed by atoms with Gasteiger partial charge in [-0.05, 0) is 31.4 Å². The van der Waals surface area contributed by atoms with Gasteiger partial charge >= 0.3 is 0 Å². The largest absolute Gasteiger partial charge is 0.508 e. The number of fused-ring (bicyclic) bond motifs is 1. The van der Waals surface area contributed by atoms with Crippen LogP contribution in [0.5, 0.6) is 5.75 Å². The smallest absolute Gasteiger partial charge is 0.190 e. The van der Waals surface area contributed by atoms with E-state index in [2.05, 4.69) is 4.98 Å². The molecule has 1 aromatic heterocycles. The monoisotopic (exact) mass is 231 g/mol. The number of aromatic hydroxyl groups is 1. The first-order chi connectivity index (χ1) is 7.91. The Balaban J connectivity index is 3.04. The zero-order valence-electron chi connectivity index (χ0n) is 10.6. The third-order valence-corrected chi connectivity index (χ3v) is 3.13. The second-order valence-electron chi connectivity index (χ2n) is 4.83. The lowest BCUT2D eigenvalue weighted by atomic mass is 9.96. The van der Waals surface area contributed by atoms with Gasteiger partial charge in [0.1, 0.15) is 5.75 Å². The van der Waals surface area contributed by atoms with Crippen molar-refractivity contribution in [1.29, 1.82) is 0 Å². The van der Waals surface area contributed by atoms with E-state index in [1.165, 1.54) is 0 Å². The van der Waals surface area contributed by atoms with E-state index in [9.17, 15) is 9.90 Å². The number of phenols is 1. The summed E-state index contributed by atoms with van der Waals surface area (Å²) in [4.78, 5) is 15.3. The van der Waals surface area contributed by atoms with Crippen molar-refractivity contribution in [2.45, 2.75) is 33.6 Å². The molecule has 0 saturated heterocycles. The quantitative estimate of drug-likeness (QED) is 0.792. The van der Waals surface area contributed by atoms with Crippen LogP contribution in [0, 0.1) is 13.8 Å². The normalized spacial score (nSPS) is 11.4. The molecule has 0 bridgehead atoms. The maximum atomic E-state index is 12.0. The van der Waals surface area contributed by atoms with Crippen molar-refractivity contribution < 1.29 is 5.11 Å². The first kappa shape index (κ1) is 11.7. The van der Waals surface area contributed by atoms with Crippen LogP contribution >= 0.6 is 0 Å². The van der Waals surface area contributed by atoms with E-state index in [0.29, 0.717) is 10.9 Å². The Morgan fingerprint density at radius 1 is 1.24 bits per heavy atom. The van der Waals surface area contributed by atoms with Gasteiger partial charge in [-0.25, -0.2) is 0 Å². The molecule has 1 aromatic carbocycles. The fraction of sp³-hybridized carbons (Fsp3) is 0.357. The lowest BCUT2D eigenvalue weighted by molar-refractivity contribution is 0.471. The minimum absolute atomic E-state index is 0.0356. The second-order valence-corrected chi connectivity index (χ2v) is 4.83. The van der Waals surface area contributed by atoms with Crippen LogP contribution in [0.2, 0.25) is 0 Å². The molecule has 0 radical (unpaired) electrons. The van der Waals surface area contributed by atoms with Crippen LogP contribution in [0.1, 0.15) is 36.6 Å². The van der Waals surface area contributed by atoms with Crippen molar-refractivity contribution in [3.05, 3.63) is 39.2 Å². The number of hydrogen-bond donors (Lipinski definition) is 2. The van der Waals surface area contributed by atoms with Crippen LogP contribution in [-0.2, 0) is 0 Å². The molecule has 0 aliphatic carbocycles. The number of hydrogen-bond acceptors (Lipinski definition) is 2. The molecule has 0 amide bonds. The number of phenolic OH excluding ortho intramolecular Hbond substituents is 1. The van der Waals surface area contributed by atoms with Gasteiger partial charge in [0.25, 0.3) is 0 Å². The maximum absolute atomic E-state index is 12.0. The summed E-state index contributed by atoms with van der Waals surface area (Å²) in [6, 6.07) is 3.32. The number of aromatic nitrogens is 1. The minimum atomic E-state index is -0.0356. The molecule has 0 aliphatic heterocycles. The van der Waals surface area contributed by atoms with Crippen molar-refractivity contribution >= 4 is 10.9 Å². The molecule has 0 fully saturated rings. The Morgan fingerprint density at radius 2 is 1.88 bits per heavy atom. The van der Waals surface area contributed by atoms with Crippen molar-refractivity contribution in [2.75, 3.05) is 0 Å². The molecule has 3 nitrogen and oxygen atoms in total. The highest BCUT2D eigenvalue weighted by molar-refractivity contribution is 5.87. The molecule has 0 saturated carbocycles. The van der Waals surface area contributed by atoms with E-state index in [1.807, 2.05) is 20.8 Å². The number of aromatic amines is 1. The SMILES string of the molecule is Cc1cc(=O)c2c(C)c(O)cc(C(C)C)c2[nH]1. The lowest BCUT2D eigenvalue weighted by Crippen LogP contribution is -2.07. The molecular formula is C14H17NO2. The number of H-pyrrole nitrogens is 1. The summed E-state index contributed by atoms with van der Waals surface area (Å²) >= 11 is 0.